The average Bonchev–Trinajstić information content (AvgIpc) is 2.62. The third kappa shape index (κ3) is 11.2. The van der Waals surface area contributed by atoms with Crippen molar-refractivity contribution in [1.29, 1.82) is 0 Å². The van der Waals surface area contributed by atoms with Crippen molar-refractivity contribution in [1.82, 2.24) is 0 Å². The standard InChI is InChI=1S/C21H46O5Si2/c1-20(2,27(23-5)24-6)17-13-9-11-15-19(22)16-12-10-14-18-21(3,4)28(25-7)26-8/h27-28H,9-18H2,1-8H3. The van der Waals surface area contributed by atoms with E-state index in [1.165, 1.54) is 0 Å². The van der Waals surface area contributed by atoms with Crippen molar-refractivity contribution in [2.45, 2.75) is 102 Å². The van der Waals surface area contributed by atoms with Crippen molar-refractivity contribution >= 4 is 24.4 Å². The minimum Gasteiger partial charge on any atom is -0.400 e. The SMILES string of the molecule is CO[SiH](OC)C(C)(C)CCCCCC(=O)CCCCCC(C)(C)[SiH](OC)OC. The number of hydrogen-bond donors (Lipinski definition) is 0. The summed E-state index contributed by atoms with van der Waals surface area (Å²) in [5, 5.41) is 0.267. The summed E-state index contributed by atoms with van der Waals surface area (Å²) in [5.74, 6) is 0.417. The highest BCUT2D eigenvalue weighted by Crippen LogP contribution is 2.36. The highest BCUT2D eigenvalue weighted by atomic mass is 28.3. The predicted octanol–water partition coefficient (Wildman–Crippen LogP) is 5.04. The van der Waals surface area contributed by atoms with Gasteiger partial charge in [0.1, 0.15) is 5.78 Å². The molecule has 0 spiro atoms. The highest BCUT2D eigenvalue weighted by molar-refractivity contribution is 6.48. The van der Waals surface area contributed by atoms with Crippen molar-refractivity contribution in [3.8, 4) is 0 Å². The molecule has 7 heteroatoms. The minimum atomic E-state index is -1.60. The number of unbranched alkanes of at least 4 members (excludes halogenated alkanes) is 4. The van der Waals surface area contributed by atoms with E-state index in [0.717, 1.165) is 64.2 Å². The van der Waals surface area contributed by atoms with Gasteiger partial charge < -0.3 is 17.7 Å². The molecule has 0 saturated carbocycles. The normalized spacial score (nSPS) is 12.9. The number of carbonyl (C=O) groups excluding carboxylic acids is 1. The van der Waals surface area contributed by atoms with Crippen LogP contribution in [0.1, 0.15) is 91.9 Å². The molecule has 0 bridgehead atoms. The summed E-state index contributed by atoms with van der Waals surface area (Å²) >= 11 is 0. The quantitative estimate of drug-likeness (QED) is 0.223. The van der Waals surface area contributed by atoms with Crippen LogP contribution in [-0.4, -0.2) is 52.8 Å². The van der Waals surface area contributed by atoms with E-state index < -0.39 is 18.6 Å². The summed E-state index contributed by atoms with van der Waals surface area (Å²) in [5.41, 5.74) is 0. The Kier molecular flexibility index (Phi) is 14.8. The van der Waals surface area contributed by atoms with E-state index in [2.05, 4.69) is 27.7 Å². The lowest BCUT2D eigenvalue weighted by Crippen LogP contribution is -2.32. The second-order valence-corrected chi connectivity index (χ2v) is 15.6. The maximum absolute atomic E-state index is 12.1. The number of ketones is 1. The molecular formula is C21H46O5Si2. The molecule has 0 amide bonds. The topological polar surface area (TPSA) is 54.0 Å². The van der Waals surface area contributed by atoms with Gasteiger partial charge in [0.05, 0.1) is 0 Å². The van der Waals surface area contributed by atoms with Crippen LogP contribution in [0.25, 0.3) is 0 Å². The van der Waals surface area contributed by atoms with Crippen molar-refractivity contribution in [3.05, 3.63) is 0 Å². The Hall–Kier alpha value is -0.0562. The lowest BCUT2D eigenvalue weighted by Gasteiger charge is -2.29. The molecule has 0 aliphatic carbocycles. The van der Waals surface area contributed by atoms with Crippen LogP contribution < -0.4 is 0 Å². The monoisotopic (exact) mass is 434 g/mol. The maximum Gasteiger partial charge on any atom is 0.326 e. The highest BCUT2D eigenvalue weighted by Gasteiger charge is 2.33. The first kappa shape index (κ1) is 27.9. The smallest absolute Gasteiger partial charge is 0.326 e. The van der Waals surface area contributed by atoms with Crippen molar-refractivity contribution < 1.29 is 22.5 Å². The number of hydrogen-bond acceptors (Lipinski definition) is 5. The van der Waals surface area contributed by atoms with Crippen LogP contribution >= 0.6 is 0 Å². The van der Waals surface area contributed by atoms with Crippen LogP contribution in [0.15, 0.2) is 0 Å². The summed E-state index contributed by atoms with van der Waals surface area (Å²) in [6.07, 6.45) is 10.1. The van der Waals surface area contributed by atoms with Crippen molar-refractivity contribution in [2.75, 3.05) is 28.4 Å². The largest absolute Gasteiger partial charge is 0.400 e. The van der Waals surface area contributed by atoms with E-state index in [1.807, 2.05) is 0 Å². The molecule has 0 atom stereocenters. The van der Waals surface area contributed by atoms with E-state index in [9.17, 15) is 4.79 Å². The molecule has 0 N–H and O–H groups in total. The van der Waals surface area contributed by atoms with E-state index in [0.29, 0.717) is 5.78 Å². The lowest BCUT2D eigenvalue weighted by molar-refractivity contribution is -0.119. The molecule has 5 nitrogen and oxygen atoms in total. The maximum atomic E-state index is 12.1. The first-order valence-corrected chi connectivity index (χ1v) is 13.8. The fourth-order valence-corrected chi connectivity index (χ4v) is 7.81. The third-order valence-electron chi connectivity index (χ3n) is 5.69. The molecule has 0 unspecified atom stereocenters. The van der Waals surface area contributed by atoms with Crippen molar-refractivity contribution in [2.24, 2.45) is 0 Å². The minimum absolute atomic E-state index is 0.134. The molecule has 0 fully saturated rings. The molecule has 168 valence electrons. The summed E-state index contributed by atoms with van der Waals surface area (Å²) in [4.78, 5) is 12.1. The van der Waals surface area contributed by atoms with Gasteiger partial charge in [0, 0.05) is 51.4 Å². The Bertz CT molecular complexity index is 372. The summed E-state index contributed by atoms with van der Waals surface area (Å²) in [6, 6.07) is 0. The zero-order chi connectivity index (χ0) is 21.6. The molecule has 0 aromatic rings. The van der Waals surface area contributed by atoms with Crippen LogP contribution in [0.4, 0.5) is 0 Å². The van der Waals surface area contributed by atoms with Crippen LogP contribution in [0.3, 0.4) is 0 Å². The van der Waals surface area contributed by atoms with E-state index in [-0.39, 0.29) is 10.1 Å². The van der Waals surface area contributed by atoms with Crippen LogP contribution in [0.2, 0.25) is 10.1 Å². The van der Waals surface area contributed by atoms with Gasteiger partial charge in [-0.15, -0.1) is 0 Å². The van der Waals surface area contributed by atoms with Crippen LogP contribution in [0.5, 0.6) is 0 Å². The zero-order valence-electron chi connectivity index (χ0n) is 19.8. The molecule has 0 rings (SSSR count). The first-order chi connectivity index (χ1) is 13.1. The van der Waals surface area contributed by atoms with Gasteiger partial charge >= 0.3 is 18.6 Å². The van der Waals surface area contributed by atoms with E-state index in [1.54, 1.807) is 28.4 Å². The average molecular weight is 435 g/mol. The molecule has 0 aliphatic rings. The molecule has 0 aromatic heterocycles. The van der Waals surface area contributed by atoms with Gasteiger partial charge in [-0.05, 0) is 25.7 Å². The van der Waals surface area contributed by atoms with Gasteiger partial charge in [0.15, 0.2) is 0 Å². The molecule has 0 radical (unpaired) electrons. The summed E-state index contributed by atoms with van der Waals surface area (Å²) < 4.78 is 22.1. The number of carbonyl (C=O) groups is 1. The Balaban J connectivity index is 3.82. The van der Waals surface area contributed by atoms with Gasteiger partial charge in [-0.1, -0.05) is 53.4 Å². The van der Waals surface area contributed by atoms with Gasteiger partial charge in [0.25, 0.3) is 0 Å². The second kappa shape index (κ2) is 14.9. The Morgan fingerprint density at radius 1 is 0.607 bits per heavy atom. The summed E-state index contributed by atoms with van der Waals surface area (Å²) in [7, 11) is 3.79. The molecule has 0 aromatic carbocycles. The molecular weight excluding hydrogens is 388 g/mol. The second-order valence-electron chi connectivity index (χ2n) is 9.24. The number of rotatable bonds is 18. The predicted molar refractivity (Wildman–Crippen MR) is 122 cm³/mol. The van der Waals surface area contributed by atoms with Gasteiger partial charge in [0.2, 0.25) is 0 Å². The van der Waals surface area contributed by atoms with Crippen LogP contribution in [-0.2, 0) is 22.5 Å². The molecule has 0 saturated heterocycles. The summed E-state index contributed by atoms with van der Waals surface area (Å²) in [6.45, 7) is 8.92. The third-order valence-corrected chi connectivity index (χ3v) is 10.5. The molecule has 0 heterocycles. The number of Topliss-reactive ketones (excluding diaryl/α,β-unsaturated/α-hetero) is 1. The molecule has 0 aliphatic heterocycles. The van der Waals surface area contributed by atoms with Gasteiger partial charge in [-0.3, -0.25) is 4.79 Å². The van der Waals surface area contributed by atoms with E-state index in [4.69, 9.17) is 17.7 Å². The lowest BCUT2D eigenvalue weighted by atomic mass is 10.00. The Morgan fingerprint density at radius 3 is 1.21 bits per heavy atom. The molecule has 28 heavy (non-hydrogen) atoms. The fourth-order valence-electron chi connectivity index (χ4n) is 3.99. The van der Waals surface area contributed by atoms with Gasteiger partial charge in [-0.2, -0.15) is 0 Å². The van der Waals surface area contributed by atoms with Crippen molar-refractivity contribution in [3.63, 3.8) is 0 Å². The van der Waals surface area contributed by atoms with E-state index >= 15 is 0 Å². The Labute approximate surface area is 177 Å². The zero-order valence-corrected chi connectivity index (χ0v) is 22.1. The first-order valence-electron chi connectivity index (χ1n) is 10.8. The van der Waals surface area contributed by atoms with Gasteiger partial charge in [-0.25, -0.2) is 0 Å². The Morgan fingerprint density at radius 2 is 0.929 bits per heavy atom. The fraction of sp³-hybridized carbons (Fsp3) is 0.952. The van der Waals surface area contributed by atoms with Crippen LogP contribution in [0, 0.1) is 0 Å².